The smallest absolute Gasteiger partial charge is 0.328 e. The zero-order chi connectivity index (χ0) is 11.4. The van der Waals surface area contributed by atoms with Crippen molar-refractivity contribution in [3.63, 3.8) is 0 Å². The van der Waals surface area contributed by atoms with Crippen LogP contribution >= 0.6 is 11.6 Å². The predicted molar refractivity (Wildman–Crippen MR) is 54.8 cm³/mol. The molecule has 0 unspecified atom stereocenters. The minimum atomic E-state index is -1.17. The standard InChI is InChI=1S/C9H6ClNO4/c10-7-3-1-6(2-4-9(12)13)8(5-7)11(14)15/h1-5H,(H,12,13). The Balaban J connectivity index is 3.17. The van der Waals surface area contributed by atoms with Gasteiger partial charge >= 0.3 is 5.97 Å². The number of benzene rings is 1. The number of carboxylic acids is 1. The highest BCUT2D eigenvalue weighted by atomic mass is 35.5. The molecule has 0 aliphatic heterocycles. The van der Waals surface area contributed by atoms with E-state index in [2.05, 4.69) is 0 Å². The van der Waals surface area contributed by atoms with Crippen LogP contribution in [0.5, 0.6) is 0 Å². The van der Waals surface area contributed by atoms with Crippen molar-refractivity contribution in [2.24, 2.45) is 0 Å². The first kappa shape index (κ1) is 11.2. The summed E-state index contributed by atoms with van der Waals surface area (Å²) in [6.45, 7) is 0. The lowest BCUT2D eigenvalue weighted by atomic mass is 10.1. The molecule has 0 atom stereocenters. The van der Waals surface area contributed by atoms with E-state index >= 15 is 0 Å². The minimum Gasteiger partial charge on any atom is -0.478 e. The molecular weight excluding hydrogens is 222 g/mol. The first-order valence-corrected chi connectivity index (χ1v) is 4.23. The van der Waals surface area contributed by atoms with Gasteiger partial charge in [-0.2, -0.15) is 0 Å². The molecule has 0 amide bonds. The Morgan fingerprint density at radius 2 is 2.20 bits per heavy atom. The Bertz CT molecular complexity index is 442. The van der Waals surface area contributed by atoms with Gasteiger partial charge in [0, 0.05) is 17.2 Å². The van der Waals surface area contributed by atoms with Gasteiger partial charge in [-0.25, -0.2) is 4.79 Å². The monoisotopic (exact) mass is 227 g/mol. The molecule has 0 aromatic heterocycles. The van der Waals surface area contributed by atoms with Gasteiger partial charge in [-0.1, -0.05) is 11.6 Å². The van der Waals surface area contributed by atoms with E-state index in [1.54, 1.807) is 0 Å². The van der Waals surface area contributed by atoms with E-state index < -0.39 is 10.9 Å². The molecule has 1 aromatic rings. The second kappa shape index (κ2) is 4.56. The highest BCUT2D eigenvalue weighted by molar-refractivity contribution is 6.30. The molecule has 0 fully saturated rings. The van der Waals surface area contributed by atoms with Crippen molar-refractivity contribution in [1.29, 1.82) is 0 Å². The van der Waals surface area contributed by atoms with Crippen LogP contribution in [-0.2, 0) is 4.79 Å². The van der Waals surface area contributed by atoms with Gasteiger partial charge in [0.1, 0.15) is 0 Å². The molecule has 1 aromatic carbocycles. The average Bonchev–Trinajstić information content (AvgIpc) is 2.15. The van der Waals surface area contributed by atoms with E-state index in [1.807, 2.05) is 0 Å². The third-order valence-corrected chi connectivity index (χ3v) is 1.83. The number of nitrogens with zero attached hydrogens (tertiary/aromatic N) is 1. The third kappa shape index (κ3) is 3.07. The number of hydrogen-bond acceptors (Lipinski definition) is 3. The van der Waals surface area contributed by atoms with Crippen LogP contribution in [0.4, 0.5) is 5.69 Å². The van der Waals surface area contributed by atoms with Crippen molar-refractivity contribution < 1.29 is 14.8 Å². The van der Waals surface area contributed by atoms with Crippen LogP contribution in [0.1, 0.15) is 5.56 Å². The maximum Gasteiger partial charge on any atom is 0.328 e. The summed E-state index contributed by atoms with van der Waals surface area (Å²) >= 11 is 5.58. The van der Waals surface area contributed by atoms with Gasteiger partial charge in [0.2, 0.25) is 0 Å². The topological polar surface area (TPSA) is 80.4 Å². The molecule has 15 heavy (non-hydrogen) atoms. The van der Waals surface area contributed by atoms with Crippen molar-refractivity contribution in [2.75, 3.05) is 0 Å². The highest BCUT2D eigenvalue weighted by Gasteiger charge is 2.11. The molecule has 0 radical (unpaired) electrons. The molecule has 0 spiro atoms. The highest BCUT2D eigenvalue weighted by Crippen LogP contribution is 2.24. The lowest BCUT2D eigenvalue weighted by Crippen LogP contribution is -1.92. The minimum absolute atomic E-state index is 0.201. The largest absolute Gasteiger partial charge is 0.478 e. The number of carbonyl (C=O) groups is 1. The molecule has 78 valence electrons. The summed E-state index contributed by atoms with van der Waals surface area (Å²) in [7, 11) is 0. The van der Waals surface area contributed by atoms with Crippen molar-refractivity contribution in [3.8, 4) is 0 Å². The average molecular weight is 228 g/mol. The Kier molecular flexibility index (Phi) is 3.41. The molecule has 0 saturated heterocycles. The number of nitro groups is 1. The molecular formula is C9H6ClNO4. The fourth-order valence-electron chi connectivity index (χ4n) is 0.977. The van der Waals surface area contributed by atoms with E-state index in [9.17, 15) is 14.9 Å². The van der Waals surface area contributed by atoms with Gasteiger partial charge < -0.3 is 5.11 Å². The van der Waals surface area contributed by atoms with Crippen molar-refractivity contribution in [1.82, 2.24) is 0 Å². The van der Waals surface area contributed by atoms with Gasteiger partial charge in [-0.15, -0.1) is 0 Å². The summed E-state index contributed by atoms with van der Waals surface area (Å²) in [5.41, 5.74) is -0.0215. The molecule has 1 N–H and O–H groups in total. The maximum absolute atomic E-state index is 10.6. The molecule has 0 saturated carbocycles. The number of rotatable bonds is 3. The zero-order valence-corrected chi connectivity index (χ0v) is 8.14. The Morgan fingerprint density at radius 1 is 1.53 bits per heavy atom. The number of hydrogen-bond donors (Lipinski definition) is 1. The fourth-order valence-corrected chi connectivity index (χ4v) is 1.14. The summed E-state index contributed by atoms with van der Waals surface area (Å²) < 4.78 is 0. The van der Waals surface area contributed by atoms with Gasteiger partial charge in [-0.3, -0.25) is 10.1 Å². The normalized spacial score (nSPS) is 10.5. The van der Waals surface area contributed by atoms with Crippen molar-refractivity contribution in [2.45, 2.75) is 0 Å². The van der Waals surface area contributed by atoms with Crippen molar-refractivity contribution in [3.05, 3.63) is 45.0 Å². The van der Waals surface area contributed by atoms with Crippen LogP contribution in [0.3, 0.4) is 0 Å². The summed E-state index contributed by atoms with van der Waals surface area (Å²) in [5, 5.41) is 19.2. The van der Waals surface area contributed by atoms with Crippen molar-refractivity contribution >= 4 is 29.3 Å². The van der Waals surface area contributed by atoms with Gasteiger partial charge in [0.15, 0.2) is 0 Å². The van der Waals surface area contributed by atoms with Crippen LogP contribution in [0.2, 0.25) is 5.02 Å². The van der Waals surface area contributed by atoms with E-state index in [-0.39, 0.29) is 16.3 Å². The first-order chi connectivity index (χ1) is 7.00. The summed E-state index contributed by atoms with van der Waals surface area (Å²) in [6.07, 6.45) is 1.98. The van der Waals surface area contributed by atoms with Gasteiger partial charge in [0.25, 0.3) is 5.69 Å². The van der Waals surface area contributed by atoms with Crippen LogP contribution in [-0.4, -0.2) is 16.0 Å². The summed E-state index contributed by atoms with van der Waals surface area (Å²) in [4.78, 5) is 20.2. The Hall–Kier alpha value is -1.88. The fraction of sp³-hybridized carbons (Fsp3) is 0. The van der Waals surface area contributed by atoms with Gasteiger partial charge in [0.05, 0.1) is 10.5 Å². The molecule has 0 aliphatic rings. The maximum atomic E-state index is 10.6. The molecule has 5 nitrogen and oxygen atoms in total. The number of halogens is 1. The molecule has 1 rings (SSSR count). The van der Waals surface area contributed by atoms with Crippen LogP contribution in [0.15, 0.2) is 24.3 Å². The summed E-state index contributed by atoms with van der Waals surface area (Å²) in [5.74, 6) is -1.17. The lowest BCUT2D eigenvalue weighted by Gasteiger charge is -1.97. The molecule has 0 heterocycles. The third-order valence-electron chi connectivity index (χ3n) is 1.59. The number of carboxylic acid groups (broad SMARTS) is 1. The molecule has 6 heteroatoms. The summed E-state index contributed by atoms with van der Waals surface area (Å²) in [6, 6.07) is 4.01. The lowest BCUT2D eigenvalue weighted by molar-refractivity contribution is -0.385. The van der Waals surface area contributed by atoms with E-state index in [1.165, 1.54) is 18.2 Å². The first-order valence-electron chi connectivity index (χ1n) is 3.85. The Labute approximate surface area is 89.7 Å². The van der Waals surface area contributed by atoms with Crippen LogP contribution in [0.25, 0.3) is 6.08 Å². The molecule has 0 bridgehead atoms. The Morgan fingerprint density at radius 3 is 2.73 bits per heavy atom. The number of aliphatic carboxylic acids is 1. The van der Waals surface area contributed by atoms with E-state index in [0.29, 0.717) is 0 Å². The molecule has 0 aliphatic carbocycles. The van der Waals surface area contributed by atoms with Crippen LogP contribution in [0, 0.1) is 10.1 Å². The van der Waals surface area contributed by atoms with Gasteiger partial charge in [-0.05, 0) is 18.2 Å². The van der Waals surface area contributed by atoms with E-state index in [0.717, 1.165) is 12.2 Å². The second-order valence-electron chi connectivity index (χ2n) is 2.63. The quantitative estimate of drug-likeness (QED) is 0.488. The second-order valence-corrected chi connectivity index (χ2v) is 3.07. The number of nitro benzene ring substituents is 1. The van der Waals surface area contributed by atoms with E-state index in [4.69, 9.17) is 16.7 Å². The predicted octanol–water partition coefficient (Wildman–Crippen LogP) is 2.35. The zero-order valence-electron chi connectivity index (χ0n) is 7.38. The van der Waals surface area contributed by atoms with Crippen LogP contribution < -0.4 is 0 Å². The SMILES string of the molecule is O=C(O)C=Cc1ccc(Cl)cc1[N+](=O)[O-].